The maximum absolute atomic E-state index is 5.70. The minimum Gasteiger partial charge on any atom is -0.271 e. The van der Waals surface area contributed by atoms with Crippen molar-refractivity contribution in [2.24, 2.45) is 5.84 Å². The lowest BCUT2D eigenvalue weighted by Crippen LogP contribution is -2.37. The summed E-state index contributed by atoms with van der Waals surface area (Å²) in [6.07, 6.45) is 3.08. The van der Waals surface area contributed by atoms with Crippen LogP contribution < -0.4 is 11.3 Å². The van der Waals surface area contributed by atoms with Crippen molar-refractivity contribution >= 4 is 0 Å². The Labute approximate surface area is 122 Å². The summed E-state index contributed by atoms with van der Waals surface area (Å²) in [5.74, 6) is 5.70. The van der Waals surface area contributed by atoms with Gasteiger partial charge in [0.05, 0.1) is 0 Å². The molecule has 0 radical (unpaired) electrons. The summed E-state index contributed by atoms with van der Waals surface area (Å²) >= 11 is 0. The molecule has 0 amide bonds. The lowest BCUT2D eigenvalue weighted by molar-refractivity contribution is 0.491. The molecule has 0 aliphatic rings. The van der Waals surface area contributed by atoms with Crippen molar-refractivity contribution in [2.45, 2.75) is 39.2 Å². The number of aryl methyl sites for hydroxylation is 3. The van der Waals surface area contributed by atoms with Gasteiger partial charge in [-0.1, -0.05) is 59.7 Å². The lowest BCUT2D eigenvalue weighted by atomic mass is 9.98. The number of rotatable bonds is 6. The van der Waals surface area contributed by atoms with Crippen molar-refractivity contribution in [1.29, 1.82) is 0 Å². The number of hydrogen-bond acceptors (Lipinski definition) is 2. The largest absolute Gasteiger partial charge is 0.271 e. The van der Waals surface area contributed by atoms with Gasteiger partial charge in [-0.25, -0.2) is 0 Å². The van der Waals surface area contributed by atoms with E-state index in [0.717, 1.165) is 19.3 Å². The van der Waals surface area contributed by atoms with Crippen LogP contribution in [0.3, 0.4) is 0 Å². The molecule has 1 atom stereocenters. The van der Waals surface area contributed by atoms with Crippen LogP contribution in [0, 0.1) is 13.8 Å². The second-order valence-corrected chi connectivity index (χ2v) is 5.58. The van der Waals surface area contributed by atoms with Crippen molar-refractivity contribution < 1.29 is 0 Å². The summed E-state index contributed by atoms with van der Waals surface area (Å²) in [4.78, 5) is 0. The second-order valence-electron chi connectivity index (χ2n) is 5.58. The third-order valence-corrected chi connectivity index (χ3v) is 3.70. The number of benzene rings is 2. The highest BCUT2D eigenvalue weighted by molar-refractivity contribution is 5.24. The number of hydrazine groups is 1. The molecule has 0 bridgehead atoms. The molecule has 0 aliphatic heterocycles. The van der Waals surface area contributed by atoms with Gasteiger partial charge in [-0.2, -0.15) is 0 Å². The van der Waals surface area contributed by atoms with Crippen molar-refractivity contribution in [2.75, 3.05) is 0 Å². The van der Waals surface area contributed by atoms with Crippen LogP contribution in [-0.4, -0.2) is 6.04 Å². The molecule has 0 aromatic heterocycles. The van der Waals surface area contributed by atoms with E-state index in [1.54, 1.807) is 0 Å². The molecule has 3 N–H and O–H groups in total. The van der Waals surface area contributed by atoms with Crippen LogP contribution in [0.5, 0.6) is 0 Å². The van der Waals surface area contributed by atoms with Crippen LogP contribution in [0.2, 0.25) is 0 Å². The lowest BCUT2D eigenvalue weighted by Gasteiger charge is -2.16. The monoisotopic (exact) mass is 268 g/mol. The molecule has 0 heterocycles. The SMILES string of the molecule is Cc1ccc(CCC(Cc2cccc(C)c2)NN)cc1. The van der Waals surface area contributed by atoms with Crippen LogP contribution in [0.15, 0.2) is 48.5 Å². The molecule has 2 nitrogen and oxygen atoms in total. The smallest absolute Gasteiger partial charge is 0.0254 e. The van der Waals surface area contributed by atoms with Gasteiger partial charge in [0.2, 0.25) is 0 Å². The van der Waals surface area contributed by atoms with Gasteiger partial charge in [0.1, 0.15) is 0 Å². The molecule has 106 valence electrons. The predicted molar refractivity (Wildman–Crippen MR) is 85.5 cm³/mol. The third kappa shape index (κ3) is 4.48. The summed E-state index contributed by atoms with van der Waals surface area (Å²) in [5, 5.41) is 0. The van der Waals surface area contributed by atoms with Gasteiger partial charge in [0.25, 0.3) is 0 Å². The van der Waals surface area contributed by atoms with Crippen molar-refractivity contribution in [3.63, 3.8) is 0 Å². The van der Waals surface area contributed by atoms with Gasteiger partial charge in [0, 0.05) is 6.04 Å². The highest BCUT2D eigenvalue weighted by Crippen LogP contribution is 2.12. The topological polar surface area (TPSA) is 38.0 Å². The second kappa shape index (κ2) is 7.22. The molecule has 0 saturated carbocycles. The number of nitrogens with one attached hydrogen (secondary N) is 1. The predicted octanol–water partition coefficient (Wildman–Crippen LogP) is 3.31. The summed E-state index contributed by atoms with van der Waals surface area (Å²) in [6.45, 7) is 4.24. The Hall–Kier alpha value is -1.64. The van der Waals surface area contributed by atoms with E-state index in [1.165, 1.54) is 22.3 Å². The zero-order valence-corrected chi connectivity index (χ0v) is 12.4. The minimum absolute atomic E-state index is 0.318. The van der Waals surface area contributed by atoms with E-state index >= 15 is 0 Å². The highest BCUT2D eigenvalue weighted by Gasteiger charge is 2.08. The fraction of sp³-hybridized carbons (Fsp3) is 0.333. The van der Waals surface area contributed by atoms with Crippen molar-refractivity contribution in [3.8, 4) is 0 Å². The molecular formula is C18H24N2. The Kier molecular flexibility index (Phi) is 5.33. The molecule has 2 heteroatoms. The molecule has 2 rings (SSSR count). The molecule has 2 aromatic carbocycles. The van der Waals surface area contributed by atoms with Gasteiger partial charge in [0.15, 0.2) is 0 Å². The van der Waals surface area contributed by atoms with Crippen molar-refractivity contribution in [1.82, 2.24) is 5.43 Å². The van der Waals surface area contributed by atoms with Gasteiger partial charge < -0.3 is 0 Å². The quantitative estimate of drug-likeness (QED) is 0.623. The number of nitrogens with two attached hydrogens (primary N) is 1. The molecule has 20 heavy (non-hydrogen) atoms. The van der Waals surface area contributed by atoms with Gasteiger partial charge in [-0.05, 0) is 44.2 Å². The van der Waals surface area contributed by atoms with E-state index in [4.69, 9.17) is 5.84 Å². The number of hydrogen-bond donors (Lipinski definition) is 2. The van der Waals surface area contributed by atoms with E-state index in [1.807, 2.05) is 0 Å². The highest BCUT2D eigenvalue weighted by atomic mass is 15.2. The molecule has 0 aliphatic carbocycles. The maximum Gasteiger partial charge on any atom is 0.0254 e. The van der Waals surface area contributed by atoms with Gasteiger partial charge >= 0.3 is 0 Å². The average Bonchev–Trinajstić information content (AvgIpc) is 2.45. The standard InChI is InChI=1S/C18H24N2/c1-14-6-8-16(9-7-14)10-11-18(20-19)13-17-5-3-4-15(2)12-17/h3-9,12,18,20H,10-11,13,19H2,1-2H3. The molecular weight excluding hydrogens is 244 g/mol. The van der Waals surface area contributed by atoms with E-state index in [9.17, 15) is 0 Å². The first-order valence-electron chi connectivity index (χ1n) is 7.24. The van der Waals surface area contributed by atoms with Crippen LogP contribution in [0.25, 0.3) is 0 Å². The maximum atomic E-state index is 5.70. The van der Waals surface area contributed by atoms with Crippen LogP contribution >= 0.6 is 0 Å². The van der Waals surface area contributed by atoms with E-state index in [2.05, 4.69) is 67.8 Å². The summed E-state index contributed by atoms with van der Waals surface area (Å²) in [6, 6.07) is 17.7. The summed E-state index contributed by atoms with van der Waals surface area (Å²) < 4.78 is 0. The van der Waals surface area contributed by atoms with Crippen LogP contribution in [-0.2, 0) is 12.8 Å². The van der Waals surface area contributed by atoms with E-state index < -0.39 is 0 Å². The Morgan fingerprint density at radius 2 is 1.70 bits per heavy atom. The molecule has 0 spiro atoms. The zero-order valence-electron chi connectivity index (χ0n) is 12.4. The Morgan fingerprint density at radius 1 is 0.950 bits per heavy atom. The Bertz CT molecular complexity index is 531. The van der Waals surface area contributed by atoms with Gasteiger partial charge in [-0.15, -0.1) is 0 Å². The van der Waals surface area contributed by atoms with E-state index in [-0.39, 0.29) is 0 Å². The minimum atomic E-state index is 0.318. The molecule has 2 aromatic rings. The molecule has 0 saturated heterocycles. The first kappa shape index (κ1) is 14.8. The zero-order chi connectivity index (χ0) is 14.4. The first-order valence-corrected chi connectivity index (χ1v) is 7.24. The third-order valence-electron chi connectivity index (χ3n) is 3.70. The van der Waals surface area contributed by atoms with Gasteiger partial charge in [-0.3, -0.25) is 11.3 Å². The van der Waals surface area contributed by atoms with Crippen molar-refractivity contribution in [3.05, 3.63) is 70.8 Å². The normalized spacial score (nSPS) is 12.3. The fourth-order valence-electron chi connectivity index (χ4n) is 2.46. The molecule has 1 unspecified atom stereocenters. The van der Waals surface area contributed by atoms with Crippen LogP contribution in [0.1, 0.15) is 28.7 Å². The Morgan fingerprint density at radius 3 is 2.35 bits per heavy atom. The Balaban J connectivity index is 1.90. The van der Waals surface area contributed by atoms with Crippen LogP contribution in [0.4, 0.5) is 0 Å². The first-order chi connectivity index (χ1) is 9.67. The van der Waals surface area contributed by atoms with E-state index in [0.29, 0.717) is 6.04 Å². The summed E-state index contributed by atoms with van der Waals surface area (Å²) in [5.41, 5.74) is 8.28. The fourth-order valence-corrected chi connectivity index (χ4v) is 2.46. The summed E-state index contributed by atoms with van der Waals surface area (Å²) in [7, 11) is 0. The molecule has 0 fully saturated rings. The average molecular weight is 268 g/mol.